The number of rotatable bonds is 8. The lowest BCUT2D eigenvalue weighted by Crippen LogP contribution is -2.34. The molecule has 1 atom stereocenters. The van der Waals surface area contributed by atoms with Gasteiger partial charge in [0, 0.05) is 25.7 Å². The quantitative estimate of drug-likeness (QED) is 0.598. The minimum atomic E-state index is -0.271. The molecule has 0 bridgehead atoms. The van der Waals surface area contributed by atoms with Gasteiger partial charge in [0.05, 0.1) is 18.5 Å². The largest absolute Gasteiger partial charge is 0.479 e. The lowest BCUT2D eigenvalue weighted by atomic mass is 10.00. The van der Waals surface area contributed by atoms with Crippen molar-refractivity contribution in [3.63, 3.8) is 0 Å². The molecule has 3 aromatic rings. The third kappa shape index (κ3) is 4.85. The third-order valence-electron chi connectivity index (χ3n) is 5.69. The molecule has 0 aliphatic rings. The Kier molecular flexibility index (Phi) is 6.90. The van der Waals surface area contributed by atoms with Gasteiger partial charge in [-0.2, -0.15) is 0 Å². The number of likely N-dealkylation sites (N-methyl/N-ethyl adjacent to an activating group) is 1. The highest BCUT2D eigenvalue weighted by Crippen LogP contribution is 2.30. The number of hydrogen-bond donors (Lipinski definition) is 1. The molecule has 0 aliphatic carbocycles. The van der Waals surface area contributed by atoms with Gasteiger partial charge in [-0.15, -0.1) is 5.10 Å². The number of ether oxygens (including phenoxy) is 1. The molecule has 0 fully saturated rings. The Bertz CT molecular complexity index is 1080. The molecule has 0 radical (unpaired) electrons. The molecule has 0 saturated heterocycles. The predicted octanol–water partition coefficient (Wildman–Crippen LogP) is 3.08. The number of nitrogens with zero attached hydrogens (tertiary/aromatic N) is 4. The molecule has 0 saturated carbocycles. The molecule has 1 unspecified atom stereocenters. The van der Waals surface area contributed by atoms with Crippen LogP contribution < -0.4 is 10.1 Å². The molecule has 2 aromatic heterocycles. The van der Waals surface area contributed by atoms with E-state index >= 15 is 0 Å². The van der Waals surface area contributed by atoms with Gasteiger partial charge in [0.25, 0.3) is 0 Å². The predicted molar refractivity (Wildman–Crippen MR) is 119 cm³/mol. The molecule has 166 valence electrons. The summed E-state index contributed by atoms with van der Waals surface area (Å²) in [6, 6.07) is 6.34. The summed E-state index contributed by atoms with van der Waals surface area (Å²) in [7, 11) is 7.31. The van der Waals surface area contributed by atoms with Crippen LogP contribution in [0.5, 0.6) is 5.88 Å². The molecule has 2 heterocycles. The third-order valence-corrected chi connectivity index (χ3v) is 5.69. The maximum absolute atomic E-state index is 13.2. The number of carbonyl (C=O) groups excluding carboxylic acids is 1. The average Bonchev–Trinajstić information content (AvgIpc) is 3.04. The molecule has 31 heavy (non-hydrogen) atoms. The van der Waals surface area contributed by atoms with E-state index in [1.165, 1.54) is 12.1 Å². The molecule has 1 N–H and O–H groups in total. The van der Waals surface area contributed by atoms with Crippen molar-refractivity contribution in [3.05, 3.63) is 52.5 Å². The summed E-state index contributed by atoms with van der Waals surface area (Å²) in [5, 5.41) is 8.27. The Morgan fingerprint density at radius 1 is 1.26 bits per heavy atom. The van der Waals surface area contributed by atoms with Crippen molar-refractivity contribution in [2.75, 3.05) is 27.7 Å². The minimum absolute atomic E-state index is 0.0361. The summed E-state index contributed by atoms with van der Waals surface area (Å²) in [6.45, 7) is 4.42. The highest BCUT2D eigenvalue weighted by Gasteiger charge is 2.19. The number of fused-ring (bicyclic) bond motifs is 1. The van der Waals surface area contributed by atoms with Gasteiger partial charge in [-0.3, -0.25) is 4.79 Å². The van der Waals surface area contributed by atoms with Crippen molar-refractivity contribution in [2.24, 2.45) is 7.05 Å². The van der Waals surface area contributed by atoms with Gasteiger partial charge in [-0.25, -0.2) is 14.1 Å². The zero-order chi connectivity index (χ0) is 22.7. The Balaban J connectivity index is 1.69. The molecular formula is C23H30FN5O2. The van der Waals surface area contributed by atoms with E-state index in [1.807, 2.05) is 39.9 Å². The van der Waals surface area contributed by atoms with Gasteiger partial charge in [-0.05, 0) is 63.2 Å². The number of hydrogen-bond acceptors (Lipinski definition) is 5. The lowest BCUT2D eigenvalue weighted by molar-refractivity contribution is -0.121. The summed E-state index contributed by atoms with van der Waals surface area (Å²) in [6.07, 6.45) is 0.925. The summed E-state index contributed by atoms with van der Waals surface area (Å²) in [5.41, 5.74) is 4.69. The van der Waals surface area contributed by atoms with Crippen molar-refractivity contribution in [2.45, 2.75) is 32.7 Å². The van der Waals surface area contributed by atoms with Crippen LogP contribution in [0.15, 0.2) is 24.3 Å². The normalized spacial score (nSPS) is 12.4. The maximum atomic E-state index is 13.2. The standard InChI is InChI=1S/C23H30FN5O2/c1-14-18(15(2)26-22-21(14)23(31-6)27-29(22)5)11-12-20(30)25-13-19(28(3)4)16-7-9-17(24)10-8-16/h7-10,19H,11-13H2,1-6H3,(H,25,30). The topological polar surface area (TPSA) is 72.3 Å². The highest BCUT2D eigenvalue weighted by atomic mass is 19.1. The van der Waals surface area contributed by atoms with Crippen LogP contribution in [-0.2, 0) is 18.3 Å². The SMILES string of the molecule is COc1nn(C)c2nc(C)c(CCC(=O)NCC(c3ccc(F)cc3)N(C)C)c(C)c12. The van der Waals surface area contributed by atoms with E-state index in [-0.39, 0.29) is 17.8 Å². The molecule has 1 aromatic carbocycles. The molecule has 1 amide bonds. The summed E-state index contributed by atoms with van der Waals surface area (Å²) < 4.78 is 20.4. The van der Waals surface area contributed by atoms with E-state index in [9.17, 15) is 9.18 Å². The number of nitrogens with one attached hydrogen (secondary N) is 1. The number of benzene rings is 1. The minimum Gasteiger partial charge on any atom is -0.479 e. The van der Waals surface area contributed by atoms with Crippen LogP contribution in [0.3, 0.4) is 0 Å². The first-order valence-corrected chi connectivity index (χ1v) is 10.3. The van der Waals surface area contributed by atoms with Crippen LogP contribution in [0.25, 0.3) is 11.0 Å². The second-order valence-electron chi connectivity index (χ2n) is 7.97. The molecular weight excluding hydrogens is 397 g/mol. The zero-order valence-corrected chi connectivity index (χ0v) is 19.0. The fraction of sp³-hybridized carbons (Fsp3) is 0.435. The Hall–Kier alpha value is -3.00. The molecule has 3 rings (SSSR count). The number of methoxy groups -OCH3 is 1. The average molecular weight is 428 g/mol. The van der Waals surface area contributed by atoms with Crippen LogP contribution in [0.2, 0.25) is 0 Å². The van der Waals surface area contributed by atoms with Crippen molar-refractivity contribution in [1.82, 2.24) is 25.0 Å². The molecule has 0 spiro atoms. The van der Waals surface area contributed by atoms with E-state index in [2.05, 4.69) is 15.4 Å². The van der Waals surface area contributed by atoms with Gasteiger partial charge < -0.3 is 15.0 Å². The first-order valence-electron chi connectivity index (χ1n) is 10.3. The van der Waals surface area contributed by atoms with Crippen molar-refractivity contribution in [1.29, 1.82) is 0 Å². The van der Waals surface area contributed by atoms with Crippen molar-refractivity contribution in [3.8, 4) is 5.88 Å². The fourth-order valence-electron chi connectivity index (χ4n) is 3.93. The zero-order valence-electron chi connectivity index (χ0n) is 19.0. The van der Waals surface area contributed by atoms with E-state index in [4.69, 9.17) is 4.74 Å². The Morgan fingerprint density at radius 3 is 2.55 bits per heavy atom. The lowest BCUT2D eigenvalue weighted by Gasteiger charge is -2.25. The second-order valence-corrected chi connectivity index (χ2v) is 7.97. The van der Waals surface area contributed by atoms with Gasteiger partial charge >= 0.3 is 0 Å². The highest BCUT2D eigenvalue weighted by molar-refractivity contribution is 5.86. The summed E-state index contributed by atoms with van der Waals surface area (Å²) >= 11 is 0. The fourth-order valence-corrected chi connectivity index (χ4v) is 3.93. The van der Waals surface area contributed by atoms with Gasteiger partial charge in [0.1, 0.15) is 5.82 Å². The number of halogens is 1. The van der Waals surface area contributed by atoms with Crippen LogP contribution in [-0.4, -0.2) is 53.3 Å². The van der Waals surface area contributed by atoms with Gasteiger partial charge in [-0.1, -0.05) is 12.1 Å². The smallest absolute Gasteiger partial charge is 0.242 e. The number of aromatic nitrogens is 3. The first kappa shape index (κ1) is 22.7. The Labute approximate surface area is 182 Å². The number of pyridine rings is 1. The molecule has 7 nitrogen and oxygen atoms in total. The van der Waals surface area contributed by atoms with Crippen LogP contribution in [0.1, 0.15) is 34.8 Å². The maximum Gasteiger partial charge on any atom is 0.242 e. The summed E-state index contributed by atoms with van der Waals surface area (Å²) in [4.78, 5) is 19.3. The van der Waals surface area contributed by atoms with Crippen LogP contribution >= 0.6 is 0 Å². The van der Waals surface area contributed by atoms with E-state index < -0.39 is 0 Å². The first-order chi connectivity index (χ1) is 14.7. The van der Waals surface area contributed by atoms with Gasteiger partial charge in [0.2, 0.25) is 11.8 Å². The number of carbonyl (C=O) groups is 1. The molecule has 0 aliphatic heterocycles. The van der Waals surface area contributed by atoms with Crippen molar-refractivity contribution >= 4 is 16.9 Å². The number of amides is 1. The number of aryl methyl sites for hydroxylation is 3. The Morgan fingerprint density at radius 2 is 1.94 bits per heavy atom. The van der Waals surface area contributed by atoms with Crippen LogP contribution in [0.4, 0.5) is 4.39 Å². The summed E-state index contributed by atoms with van der Waals surface area (Å²) in [5.74, 6) is 0.235. The van der Waals surface area contributed by atoms with Crippen LogP contribution in [0, 0.1) is 19.7 Å². The van der Waals surface area contributed by atoms with Gasteiger partial charge in [0.15, 0.2) is 5.65 Å². The van der Waals surface area contributed by atoms with E-state index in [0.29, 0.717) is 25.3 Å². The molecule has 8 heteroatoms. The monoisotopic (exact) mass is 427 g/mol. The van der Waals surface area contributed by atoms with Crippen molar-refractivity contribution < 1.29 is 13.9 Å². The second kappa shape index (κ2) is 9.43. The van der Waals surface area contributed by atoms with E-state index in [0.717, 1.165) is 33.4 Å². The van der Waals surface area contributed by atoms with E-state index in [1.54, 1.807) is 23.9 Å².